The fraction of sp³-hybridized carbons (Fsp3) is 0.538. The molecule has 15 heavy (non-hydrogen) atoms. The molecule has 0 heterocycles. The fourth-order valence-corrected chi connectivity index (χ4v) is 1.66. The van der Waals surface area contributed by atoms with Crippen molar-refractivity contribution in [1.29, 1.82) is 0 Å². The summed E-state index contributed by atoms with van der Waals surface area (Å²) in [5.74, 6) is 0.339. The molecule has 0 radical (unpaired) electrons. The minimum absolute atomic E-state index is 0.339. The van der Waals surface area contributed by atoms with Gasteiger partial charge in [-0.1, -0.05) is 25.5 Å². The van der Waals surface area contributed by atoms with Crippen molar-refractivity contribution in [3.63, 3.8) is 0 Å². The van der Waals surface area contributed by atoms with Gasteiger partial charge in [0, 0.05) is 6.04 Å². The third-order valence-electron chi connectivity index (χ3n) is 2.56. The maximum atomic E-state index is 9.12. The van der Waals surface area contributed by atoms with Crippen LogP contribution >= 0.6 is 0 Å². The predicted molar refractivity (Wildman–Crippen MR) is 64.2 cm³/mol. The summed E-state index contributed by atoms with van der Waals surface area (Å²) >= 11 is 0. The number of aromatic hydroxyl groups is 1. The van der Waals surface area contributed by atoms with Gasteiger partial charge < -0.3 is 10.4 Å². The SMILES string of the molecule is CCCC(C)NCCc1ccc(O)cc1. The molecule has 0 fully saturated rings. The second kappa shape index (κ2) is 6.46. The fourth-order valence-electron chi connectivity index (χ4n) is 1.66. The molecule has 0 saturated heterocycles. The van der Waals surface area contributed by atoms with Gasteiger partial charge in [0.2, 0.25) is 0 Å². The van der Waals surface area contributed by atoms with E-state index in [9.17, 15) is 0 Å². The first-order valence-corrected chi connectivity index (χ1v) is 5.73. The first-order chi connectivity index (χ1) is 7.22. The van der Waals surface area contributed by atoms with E-state index in [0.29, 0.717) is 11.8 Å². The molecule has 84 valence electrons. The Balaban J connectivity index is 2.22. The Hall–Kier alpha value is -1.02. The lowest BCUT2D eigenvalue weighted by atomic mass is 10.1. The van der Waals surface area contributed by atoms with Crippen LogP contribution in [-0.4, -0.2) is 17.7 Å². The number of rotatable bonds is 6. The average Bonchev–Trinajstić information content (AvgIpc) is 2.21. The Labute approximate surface area is 92.3 Å². The molecule has 1 atom stereocenters. The van der Waals surface area contributed by atoms with E-state index in [4.69, 9.17) is 5.11 Å². The molecule has 1 rings (SSSR count). The van der Waals surface area contributed by atoms with Gasteiger partial charge in [-0.2, -0.15) is 0 Å². The van der Waals surface area contributed by atoms with Crippen molar-refractivity contribution < 1.29 is 5.11 Å². The number of hydrogen-bond donors (Lipinski definition) is 2. The van der Waals surface area contributed by atoms with Gasteiger partial charge >= 0.3 is 0 Å². The lowest BCUT2D eigenvalue weighted by Crippen LogP contribution is -2.27. The van der Waals surface area contributed by atoms with Crippen LogP contribution in [0.1, 0.15) is 32.3 Å². The summed E-state index contributed by atoms with van der Waals surface area (Å²) in [6.07, 6.45) is 3.48. The van der Waals surface area contributed by atoms with Crippen LogP contribution in [0.5, 0.6) is 5.75 Å². The van der Waals surface area contributed by atoms with E-state index < -0.39 is 0 Å². The molecule has 0 aromatic heterocycles. The molecule has 2 N–H and O–H groups in total. The van der Waals surface area contributed by atoms with Crippen LogP contribution in [0.3, 0.4) is 0 Å². The van der Waals surface area contributed by atoms with E-state index in [1.54, 1.807) is 12.1 Å². The summed E-state index contributed by atoms with van der Waals surface area (Å²) in [5.41, 5.74) is 1.27. The van der Waals surface area contributed by atoms with E-state index in [1.165, 1.54) is 18.4 Å². The largest absolute Gasteiger partial charge is 0.508 e. The maximum absolute atomic E-state index is 9.12. The molecule has 0 bridgehead atoms. The van der Waals surface area contributed by atoms with Crippen LogP contribution in [-0.2, 0) is 6.42 Å². The van der Waals surface area contributed by atoms with Crippen molar-refractivity contribution >= 4 is 0 Å². The Bertz CT molecular complexity index is 268. The van der Waals surface area contributed by atoms with Gasteiger partial charge in [0.25, 0.3) is 0 Å². The molecule has 0 spiro atoms. The third-order valence-corrected chi connectivity index (χ3v) is 2.56. The van der Waals surface area contributed by atoms with Gasteiger partial charge in [-0.25, -0.2) is 0 Å². The number of nitrogens with one attached hydrogen (secondary N) is 1. The van der Waals surface area contributed by atoms with Crippen LogP contribution in [0.2, 0.25) is 0 Å². The highest BCUT2D eigenvalue weighted by Gasteiger charge is 1.99. The summed E-state index contributed by atoms with van der Waals surface area (Å²) in [4.78, 5) is 0. The molecule has 1 unspecified atom stereocenters. The molecular weight excluding hydrogens is 186 g/mol. The standard InChI is InChI=1S/C13H21NO/c1-3-4-11(2)14-10-9-12-5-7-13(15)8-6-12/h5-8,11,14-15H,3-4,9-10H2,1-2H3. The zero-order valence-electron chi connectivity index (χ0n) is 9.66. The van der Waals surface area contributed by atoms with E-state index in [-0.39, 0.29) is 0 Å². The third kappa shape index (κ3) is 4.84. The summed E-state index contributed by atoms with van der Waals surface area (Å²) in [5, 5.41) is 12.6. The van der Waals surface area contributed by atoms with Crippen LogP contribution in [0.4, 0.5) is 0 Å². The van der Waals surface area contributed by atoms with Crippen LogP contribution in [0.25, 0.3) is 0 Å². The Kier molecular flexibility index (Phi) is 5.19. The summed E-state index contributed by atoms with van der Waals surface area (Å²) in [7, 11) is 0. The van der Waals surface area contributed by atoms with E-state index in [2.05, 4.69) is 19.2 Å². The maximum Gasteiger partial charge on any atom is 0.115 e. The topological polar surface area (TPSA) is 32.3 Å². The molecule has 2 heteroatoms. The van der Waals surface area contributed by atoms with Crippen molar-refractivity contribution in [2.24, 2.45) is 0 Å². The smallest absolute Gasteiger partial charge is 0.115 e. The quantitative estimate of drug-likeness (QED) is 0.751. The Morgan fingerprint density at radius 1 is 1.27 bits per heavy atom. The molecular formula is C13H21NO. The molecule has 0 aliphatic rings. The normalized spacial score (nSPS) is 12.7. The van der Waals surface area contributed by atoms with Gasteiger partial charge in [-0.15, -0.1) is 0 Å². The summed E-state index contributed by atoms with van der Waals surface area (Å²) < 4.78 is 0. The lowest BCUT2D eigenvalue weighted by molar-refractivity contribution is 0.474. The lowest BCUT2D eigenvalue weighted by Gasteiger charge is -2.12. The highest BCUT2D eigenvalue weighted by atomic mass is 16.3. The molecule has 1 aromatic rings. The monoisotopic (exact) mass is 207 g/mol. The zero-order chi connectivity index (χ0) is 11.1. The highest BCUT2D eigenvalue weighted by Crippen LogP contribution is 2.09. The minimum Gasteiger partial charge on any atom is -0.508 e. The van der Waals surface area contributed by atoms with Gasteiger partial charge in [0.1, 0.15) is 5.75 Å². The van der Waals surface area contributed by atoms with Crippen LogP contribution in [0.15, 0.2) is 24.3 Å². The first kappa shape index (κ1) is 12.1. The molecule has 0 aliphatic heterocycles. The summed E-state index contributed by atoms with van der Waals surface area (Å²) in [6, 6.07) is 8.03. The van der Waals surface area contributed by atoms with Crippen LogP contribution in [0, 0.1) is 0 Å². The molecule has 0 amide bonds. The van der Waals surface area contributed by atoms with Crippen molar-refractivity contribution in [2.75, 3.05) is 6.54 Å². The van der Waals surface area contributed by atoms with Crippen molar-refractivity contribution in [3.8, 4) is 5.75 Å². The molecule has 2 nitrogen and oxygen atoms in total. The van der Waals surface area contributed by atoms with Gasteiger partial charge in [0.15, 0.2) is 0 Å². The molecule has 1 aromatic carbocycles. The van der Waals surface area contributed by atoms with E-state index in [0.717, 1.165) is 13.0 Å². The second-order valence-electron chi connectivity index (χ2n) is 4.06. The zero-order valence-corrected chi connectivity index (χ0v) is 9.66. The minimum atomic E-state index is 0.339. The molecule has 0 saturated carbocycles. The summed E-state index contributed by atoms with van der Waals surface area (Å²) in [6.45, 7) is 5.43. The number of benzene rings is 1. The Morgan fingerprint density at radius 3 is 2.53 bits per heavy atom. The van der Waals surface area contributed by atoms with Crippen LogP contribution < -0.4 is 5.32 Å². The Morgan fingerprint density at radius 2 is 1.93 bits per heavy atom. The first-order valence-electron chi connectivity index (χ1n) is 5.73. The van der Waals surface area contributed by atoms with Crippen molar-refractivity contribution in [3.05, 3.63) is 29.8 Å². The van der Waals surface area contributed by atoms with Crippen molar-refractivity contribution in [1.82, 2.24) is 5.32 Å². The van der Waals surface area contributed by atoms with E-state index >= 15 is 0 Å². The average molecular weight is 207 g/mol. The van der Waals surface area contributed by atoms with Gasteiger partial charge in [-0.3, -0.25) is 0 Å². The number of phenolic OH excluding ortho intramolecular Hbond substituents is 1. The second-order valence-corrected chi connectivity index (χ2v) is 4.06. The van der Waals surface area contributed by atoms with E-state index in [1.807, 2.05) is 12.1 Å². The number of hydrogen-bond acceptors (Lipinski definition) is 2. The number of phenols is 1. The predicted octanol–water partition coefficient (Wildman–Crippen LogP) is 2.71. The van der Waals surface area contributed by atoms with Crippen molar-refractivity contribution in [2.45, 2.75) is 39.2 Å². The van der Waals surface area contributed by atoms with Gasteiger partial charge in [-0.05, 0) is 44.0 Å². The van der Waals surface area contributed by atoms with Gasteiger partial charge in [0.05, 0.1) is 0 Å². The molecule has 0 aliphatic carbocycles. The highest BCUT2D eigenvalue weighted by molar-refractivity contribution is 5.25.